The van der Waals surface area contributed by atoms with Gasteiger partial charge in [-0.25, -0.2) is 4.39 Å². The van der Waals surface area contributed by atoms with Crippen molar-refractivity contribution in [2.45, 2.75) is 31.6 Å². The van der Waals surface area contributed by atoms with Crippen molar-refractivity contribution in [3.8, 4) is 5.88 Å². The Balaban J connectivity index is 1.35. The fourth-order valence-corrected chi connectivity index (χ4v) is 3.64. The van der Waals surface area contributed by atoms with Crippen molar-refractivity contribution in [3.05, 3.63) is 53.5 Å². The maximum atomic E-state index is 13.2. The smallest absolute Gasteiger partial charge is 0.233 e. The highest BCUT2D eigenvalue weighted by Gasteiger charge is 2.53. The normalized spacial score (nSPS) is 20.8. The first-order valence-corrected chi connectivity index (χ1v) is 9.05. The molecule has 6 heteroatoms. The van der Waals surface area contributed by atoms with E-state index in [9.17, 15) is 9.18 Å². The van der Waals surface area contributed by atoms with E-state index in [0.29, 0.717) is 24.9 Å². The number of aromatic nitrogens is 2. The summed E-state index contributed by atoms with van der Waals surface area (Å²) in [6.45, 7) is 3.85. The van der Waals surface area contributed by atoms with Gasteiger partial charge in [-0.2, -0.15) is 5.10 Å². The lowest BCUT2D eigenvalue weighted by Gasteiger charge is -2.23. The second kappa shape index (κ2) is 6.67. The molecule has 2 aromatic rings. The van der Waals surface area contributed by atoms with Crippen LogP contribution in [0.5, 0.6) is 5.88 Å². The number of amides is 1. The Kier molecular flexibility index (Phi) is 4.34. The lowest BCUT2D eigenvalue weighted by Crippen LogP contribution is -2.38. The molecule has 26 heavy (non-hydrogen) atoms. The molecule has 1 atom stereocenters. The Morgan fingerprint density at radius 2 is 2.00 bits per heavy atom. The molecule has 1 saturated carbocycles. The lowest BCUT2D eigenvalue weighted by atomic mass is 9.94. The Morgan fingerprint density at radius 1 is 1.23 bits per heavy atom. The van der Waals surface area contributed by atoms with Crippen molar-refractivity contribution in [3.63, 3.8) is 0 Å². The molecule has 0 spiro atoms. The average molecular weight is 355 g/mol. The van der Waals surface area contributed by atoms with Crippen LogP contribution in [0.15, 0.2) is 36.4 Å². The van der Waals surface area contributed by atoms with Crippen LogP contribution in [0.25, 0.3) is 0 Å². The van der Waals surface area contributed by atoms with Crippen LogP contribution in [0.1, 0.15) is 30.5 Å². The molecule has 1 unspecified atom stereocenters. The van der Waals surface area contributed by atoms with Crippen LogP contribution in [0.3, 0.4) is 0 Å². The zero-order valence-electron chi connectivity index (χ0n) is 14.8. The van der Waals surface area contributed by atoms with Crippen LogP contribution >= 0.6 is 0 Å². The van der Waals surface area contributed by atoms with Gasteiger partial charge in [0.2, 0.25) is 11.8 Å². The summed E-state index contributed by atoms with van der Waals surface area (Å²) < 4.78 is 18.9. The van der Waals surface area contributed by atoms with Gasteiger partial charge >= 0.3 is 0 Å². The van der Waals surface area contributed by atoms with E-state index in [0.717, 1.165) is 37.1 Å². The van der Waals surface area contributed by atoms with Gasteiger partial charge in [-0.05, 0) is 49.9 Å². The molecule has 2 heterocycles. The minimum Gasteiger partial charge on any atom is -0.476 e. The molecule has 0 radical (unpaired) electrons. The second-order valence-electron chi connectivity index (χ2n) is 7.32. The van der Waals surface area contributed by atoms with E-state index < -0.39 is 5.41 Å². The Hall–Kier alpha value is -2.50. The van der Waals surface area contributed by atoms with E-state index in [1.807, 2.05) is 24.0 Å². The monoisotopic (exact) mass is 355 g/mol. The predicted molar refractivity (Wildman–Crippen MR) is 94.3 cm³/mol. The third-order valence-electron chi connectivity index (χ3n) is 5.37. The Morgan fingerprint density at radius 3 is 2.65 bits per heavy atom. The number of ether oxygens (including phenoxy) is 1. The summed E-state index contributed by atoms with van der Waals surface area (Å²) in [6, 6.07) is 10.0. The number of carbonyl (C=O) groups excluding carboxylic acids is 1. The zero-order valence-corrected chi connectivity index (χ0v) is 14.8. The van der Waals surface area contributed by atoms with Crippen LogP contribution in [0, 0.1) is 18.7 Å². The molecule has 1 aliphatic carbocycles. The first kappa shape index (κ1) is 16.9. The highest BCUT2D eigenvalue weighted by atomic mass is 19.1. The second-order valence-corrected chi connectivity index (χ2v) is 7.32. The number of rotatable bonds is 5. The van der Waals surface area contributed by atoms with Gasteiger partial charge < -0.3 is 9.64 Å². The van der Waals surface area contributed by atoms with Gasteiger partial charge in [-0.15, -0.1) is 5.10 Å². The molecule has 1 aromatic carbocycles. The largest absolute Gasteiger partial charge is 0.476 e. The number of benzene rings is 1. The first-order valence-electron chi connectivity index (χ1n) is 9.05. The third kappa shape index (κ3) is 3.28. The maximum Gasteiger partial charge on any atom is 0.233 e. The molecule has 4 rings (SSSR count). The van der Waals surface area contributed by atoms with E-state index in [-0.39, 0.29) is 11.7 Å². The van der Waals surface area contributed by atoms with Crippen molar-refractivity contribution in [1.29, 1.82) is 0 Å². The standard InChI is InChI=1S/C20H22FN3O2/c1-14-2-7-18(23-22-14)26-13-15-8-11-24(12-15)19(25)20(9-10-20)16-3-5-17(21)6-4-16/h2-7,15H,8-13H2,1H3. The van der Waals surface area contributed by atoms with E-state index >= 15 is 0 Å². The number of likely N-dealkylation sites (tertiary alicyclic amines) is 1. The summed E-state index contributed by atoms with van der Waals surface area (Å²) in [5.74, 6) is 0.716. The number of aryl methyl sites for hydroxylation is 1. The van der Waals surface area contributed by atoms with Gasteiger partial charge in [0.15, 0.2) is 0 Å². The molecule has 2 aliphatic rings. The quantitative estimate of drug-likeness (QED) is 0.828. The van der Waals surface area contributed by atoms with Gasteiger partial charge in [-0.1, -0.05) is 12.1 Å². The van der Waals surface area contributed by atoms with Gasteiger partial charge in [0.05, 0.1) is 17.7 Å². The van der Waals surface area contributed by atoms with Crippen molar-refractivity contribution < 1.29 is 13.9 Å². The predicted octanol–water partition coefficient (Wildman–Crippen LogP) is 2.88. The summed E-state index contributed by atoms with van der Waals surface area (Å²) in [5.41, 5.74) is 1.34. The molecule has 5 nitrogen and oxygen atoms in total. The highest BCUT2D eigenvalue weighted by molar-refractivity contribution is 5.91. The van der Waals surface area contributed by atoms with Crippen molar-refractivity contribution in [1.82, 2.24) is 15.1 Å². The van der Waals surface area contributed by atoms with Crippen LogP contribution in [0.2, 0.25) is 0 Å². The molecule has 1 amide bonds. The van der Waals surface area contributed by atoms with Gasteiger partial charge in [0.1, 0.15) is 5.82 Å². The summed E-state index contributed by atoms with van der Waals surface area (Å²) in [5, 5.41) is 7.99. The minimum absolute atomic E-state index is 0.168. The van der Waals surface area contributed by atoms with Crippen molar-refractivity contribution >= 4 is 5.91 Å². The zero-order chi connectivity index (χ0) is 18.1. The number of hydrogen-bond donors (Lipinski definition) is 0. The maximum absolute atomic E-state index is 13.2. The lowest BCUT2D eigenvalue weighted by molar-refractivity contribution is -0.133. The summed E-state index contributed by atoms with van der Waals surface area (Å²) in [6.07, 6.45) is 2.60. The molecule has 136 valence electrons. The van der Waals surface area contributed by atoms with Gasteiger partial charge in [0.25, 0.3) is 0 Å². The topological polar surface area (TPSA) is 55.3 Å². The number of nitrogens with zero attached hydrogens (tertiary/aromatic N) is 3. The number of halogens is 1. The SMILES string of the molecule is Cc1ccc(OCC2CCN(C(=O)C3(c4ccc(F)cc4)CC3)C2)nn1. The fraction of sp³-hybridized carbons (Fsp3) is 0.450. The Bertz CT molecular complexity index is 788. The van der Waals surface area contributed by atoms with Crippen LogP contribution < -0.4 is 4.74 Å². The van der Waals surface area contributed by atoms with E-state index in [4.69, 9.17) is 4.74 Å². The summed E-state index contributed by atoms with van der Waals surface area (Å²) in [4.78, 5) is 15.0. The Labute approximate surface area is 152 Å². The molecule has 0 N–H and O–H groups in total. The van der Waals surface area contributed by atoms with E-state index in [1.165, 1.54) is 12.1 Å². The molecule has 1 aliphatic heterocycles. The number of carbonyl (C=O) groups is 1. The molecular weight excluding hydrogens is 333 g/mol. The van der Waals surface area contributed by atoms with Crippen LogP contribution in [-0.2, 0) is 10.2 Å². The molecule has 0 bridgehead atoms. The van der Waals surface area contributed by atoms with E-state index in [2.05, 4.69) is 10.2 Å². The third-order valence-corrected chi connectivity index (χ3v) is 5.37. The van der Waals surface area contributed by atoms with Crippen LogP contribution in [-0.4, -0.2) is 40.7 Å². The van der Waals surface area contributed by atoms with Gasteiger partial charge in [0, 0.05) is 25.1 Å². The fourth-order valence-electron chi connectivity index (χ4n) is 3.64. The highest BCUT2D eigenvalue weighted by Crippen LogP contribution is 2.50. The van der Waals surface area contributed by atoms with Crippen molar-refractivity contribution in [2.24, 2.45) is 5.92 Å². The summed E-state index contributed by atoms with van der Waals surface area (Å²) in [7, 11) is 0. The molecule has 2 fully saturated rings. The average Bonchev–Trinajstić information content (AvgIpc) is 3.32. The van der Waals surface area contributed by atoms with E-state index in [1.54, 1.807) is 12.1 Å². The number of hydrogen-bond acceptors (Lipinski definition) is 4. The molecular formula is C20H22FN3O2. The van der Waals surface area contributed by atoms with Crippen LogP contribution in [0.4, 0.5) is 4.39 Å². The minimum atomic E-state index is -0.439. The molecule has 1 saturated heterocycles. The molecule has 1 aromatic heterocycles. The first-order chi connectivity index (χ1) is 12.6. The van der Waals surface area contributed by atoms with Crippen molar-refractivity contribution in [2.75, 3.05) is 19.7 Å². The van der Waals surface area contributed by atoms with Gasteiger partial charge in [-0.3, -0.25) is 4.79 Å². The summed E-state index contributed by atoms with van der Waals surface area (Å²) >= 11 is 0.